The van der Waals surface area contributed by atoms with Crippen molar-refractivity contribution in [2.45, 2.75) is 6.92 Å². The van der Waals surface area contributed by atoms with Crippen molar-refractivity contribution >= 4 is 6.09 Å². The molecule has 0 aliphatic rings. The first kappa shape index (κ1) is 7.23. The number of amides is 1. The monoisotopic (exact) mass is 118 g/mol. The Morgan fingerprint density at radius 3 is 2.75 bits per heavy atom. The summed E-state index contributed by atoms with van der Waals surface area (Å²) >= 11 is 0. The van der Waals surface area contributed by atoms with Crippen LogP contribution in [0.4, 0.5) is 4.79 Å². The first-order valence-electron chi connectivity index (χ1n) is 2.40. The number of rotatable bonds is 2. The average Bonchev–Trinajstić information content (AvgIpc) is 1.68. The molecule has 8 heavy (non-hydrogen) atoms. The Morgan fingerprint density at radius 2 is 2.38 bits per heavy atom. The molecule has 0 aromatic heterocycles. The normalized spacial score (nSPS) is 8.25. The van der Waals surface area contributed by atoms with Gasteiger partial charge in [-0.2, -0.15) is 0 Å². The lowest BCUT2D eigenvalue weighted by Crippen LogP contribution is -2.34. The highest BCUT2D eigenvalue weighted by atomic mass is 16.5. The fraction of sp³-hybridized carbons (Fsp3) is 0.750. The lowest BCUT2D eigenvalue weighted by molar-refractivity contribution is 0.148. The molecule has 0 rings (SSSR count). The van der Waals surface area contributed by atoms with E-state index in [1.807, 2.05) is 0 Å². The highest BCUT2D eigenvalue weighted by molar-refractivity contribution is 5.66. The third-order valence-electron chi connectivity index (χ3n) is 0.502. The summed E-state index contributed by atoms with van der Waals surface area (Å²) in [6.45, 7) is 2.14. The van der Waals surface area contributed by atoms with Crippen molar-refractivity contribution in [2.24, 2.45) is 0 Å². The van der Waals surface area contributed by atoms with Gasteiger partial charge in [-0.3, -0.25) is 5.43 Å². The molecule has 0 aliphatic heterocycles. The van der Waals surface area contributed by atoms with Gasteiger partial charge in [-0.05, 0) is 6.92 Å². The van der Waals surface area contributed by atoms with Crippen molar-refractivity contribution in [1.82, 2.24) is 10.9 Å². The molecule has 48 valence electrons. The van der Waals surface area contributed by atoms with Crippen LogP contribution in [0.25, 0.3) is 0 Å². The van der Waals surface area contributed by atoms with Crippen molar-refractivity contribution in [1.29, 1.82) is 0 Å². The third-order valence-corrected chi connectivity index (χ3v) is 0.502. The Labute approximate surface area is 48.2 Å². The molecular formula is C4H10N2O2. The Morgan fingerprint density at radius 1 is 1.75 bits per heavy atom. The second-order valence-electron chi connectivity index (χ2n) is 1.10. The summed E-state index contributed by atoms with van der Waals surface area (Å²) in [6, 6.07) is 0. The molecule has 1 amide bonds. The summed E-state index contributed by atoms with van der Waals surface area (Å²) in [7, 11) is 1.59. The van der Waals surface area contributed by atoms with Gasteiger partial charge in [-0.15, -0.1) is 0 Å². The molecule has 0 heterocycles. The number of ether oxygens (including phenoxy) is 1. The minimum atomic E-state index is -0.449. The maximum atomic E-state index is 10.2. The molecule has 0 bridgehead atoms. The van der Waals surface area contributed by atoms with E-state index in [-0.39, 0.29) is 0 Å². The number of carbonyl (C=O) groups excluding carboxylic acids is 1. The molecule has 2 N–H and O–H groups in total. The van der Waals surface area contributed by atoms with Gasteiger partial charge < -0.3 is 4.74 Å². The first-order valence-corrected chi connectivity index (χ1v) is 2.40. The van der Waals surface area contributed by atoms with Crippen LogP contribution in [0.15, 0.2) is 0 Å². The summed E-state index contributed by atoms with van der Waals surface area (Å²) in [5.74, 6) is 0. The molecule has 0 saturated carbocycles. The minimum absolute atomic E-state index is 0.396. The summed E-state index contributed by atoms with van der Waals surface area (Å²) < 4.78 is 4.47. The molecule has 0 saturated heterocycles. The van der Waals surface area contributed by atoms with Gasteiger partial charge in [0, 0.05) is 7.05 Å². The second-order valence-corrected chi connectivity index (χ2v) is 1.10. The van der Waals surface area contributed by atoms with E-state index in [0.29, 0.717) is 6.61 Å². The number of hydrogen-bond donors (Lipinski definition) is 2. The van der Waals surface area contributed by atoms with Gasteiger partial charge in [-0.25, -0.2) is 10.2 Å². The highest BCUT2D eigenvalue weighted by Crippen LogP contribution is 1.70. The Bertz CT molecular complexity index is 66.4. The maximum Gasteiger partial charge on any atom is 0.421 e. The van der Waals surface area contributed by atoms with Crippen molar-refractivity contribution in [3.05, 3.63) is 0 Å². The van der Waals surface area contributed by atoms with Crippen LogP contribution >= 0.6 is 0 Å². The van der Waals surface area contributed by atoms with Gasteiger partial charge in [-0.1, -0.05) is 0 Å². The van der Waals surface area contributed by atoms with Gasteiger partial charge in [0.1, 0.15) is 0 Å². The predicted octanol–water partition coefficient (Wildman–Crippen LogP) is -0.133. The van der Waals surface area contributed by atoms with Crippen LogP contribution in [0.5, 0.6) is 0 Å². The van der Waals surface area contributed by atoms with Gasteiger partial charge in [0.15, 0.2) is 0 Å². The van der Waals surface area contributed by atoms with Crippen molar-refractivity contribution < 1.29 is 9.53 Å². The lowest BCUT2D eigenvalue weighted by Gasteiger charge is -2.00. The number of hydrazine groups is 1. The van der Waals surface area contributed by atoms with E-state index >= 15 is 0 Å². The van der Waals surface area contributed by atoms with Gasteiger partial charge in [0.2, 0.25) is 0 Å². The predicted molar refractivity (Wildman–Crippen MR) is 29.2 cm³/mol. The third kappa shape index (κ3) is 3.42. The maximum absolute atomic E-state index is 10.2. The van der Waals surface area contributed by atoms with Crippen LogP contribution in [0.3, 0.4) is 0 Å². The van der Waals surface area contributed by atoms with Crippen LogP contribution in [0.1, 0.15) is 6.92 Å². The van der Waals surface area contributed by atoms with E-state index in [2.05, 4.69) is 15.6 Å². The fourth-order valence-electron chi connectivity index (χ4n) is 0.269. The quantitative estimate of drug-likeness (QED) is 0.496. The largest absolute Gasteiger partial charge is 0.449 e. The molecule has 0 atom stereocenters. The van der Waals surface area contributed by atoms with Crippen LogP contribution in [-0.2, 0) is 4.74 Å². The second kappa shape index (κ2) is 4.39. The van der Waals surface area contributed by atoms with Crippen LogP contribution in [0, 0.1) is 0 Å². The Kier molecular flexibility index (Phi) is 3.97. The molecule has 0 unspecified atom stereocenters. The Balaban J connectivity index is 3.06. The summed E-state index contributed by atoms with van der Waals surface area (Å²) in [6.07, 6.45) is -0.449. The molecule has 0 spiro atoms. The van der Waals surface area contributed by atoms with Crippen molar-refractivity contribution in [2.75, 3.05) is 13.7 Å². The standard InChI is InChI=1S/C4H10N2O2/c1-3-8-4(7)6-5-2/h5H,3H2,1-2H3,(H,6,7). The Hall–Kier alpha value is -0.770. The minimum Gasteiger partial charge on any atom is -0.449 e. The molecule has 0 aromatic carbocycles. The number of hydrogen-bond acceptors (Lipinski definition) is 3. The molecule has 4 nitrogen and oxygen atoms in total. The molecule has 4 heteroatoms. The number of carbonyl (C=O) groups is 1. The van der Waals surface area contributed by atoms with E-state index < -0.39 is 6.09 Å². The van der Waals surface area contributed by atoms with E-state index in [0.717, 1.165) is 0 Å². The molecule has 0 radical (unpaired) electrons. The van der Waals surface area contributed by atoms with E-state index in [1.165, 1.54) is 0 Å². The van der Waals surface area contributed by atoms with Gasteiger partial charge >= 0.3 is 6.09 Å². The summed E-state index contributed by atoms with van der Waals surface area (Å²) in [5.41, 5.74) is 4.66. The molecule has 0 fully saturated rings. The molecular weight excluding hydrogens is 108 g/mol. The first-order chi connectivity index (χ1) is 3.81. The van der Waals surface area contributed by atoms with E-state index in [4.69, 9.17) is 0 Å². The lowest BCUT2D eigenvalue weighted by atomic mass is 10.9. The number of nitrogens with one attached hydrogen (secondary N) is 2. The summed E-state index contributed by atoms with van der Waals surface area (Å²) in [4.78, 5) is 10.2. The zero-order valence-corrected chi connectivity index (χ0v) is 5.02. The smallest absolute Gasteiger partial charge is 0.421 e. The van der Waals surface area contributed by atoms with Crippen molar-refractivity contribution in [3.63, 3.8) is 0 Å². The van der Waals surface area contributed by atoms with Crippen LogP contribution in [0.2, 0.25) is 0 Å². The van der Waals surface area contributed by atoms with Crippen LogP contribution < -0.4 is 10.9 Å². The topological polar surface area (TPSA) is 50.4 Å². The fourth-order valence-corrected chi connectivity index (χ4v) is 0.269. The zero-order valence-electron chi connectivity index (χ0n) is 5.02. The highest BCUT2D eigenvalue weighted by Gasteiger charge is 1.92. The summed E-state index contributed by atoms with van der Waals surface area (Å²) in [5, 5.41) is 0. The zero-order chi connectivity index (χ0) is 6.41. The van der Waals surface area contributed by atoms with E-state index in [9.17, 15) is 4.79 Å². The SMILES string of the molecule is CCOC(=O)NNC. The average molecular weight is 118 g/mol. The van der Waals surface area contributed by atoms with Crippen molar-refractivity contribution in [3.8, 4) is 0 Å². The molecule has 0 aliphatic carbocycles. The van der Waals surface area contributed by atoms with Crippen LogP contribution in [-0.4, -0.2) is 19.7 Å². The van der Waals surface area contributed by atoms with Gasteiger partial charge in [0.25, 0.3) is 0 Å². The van der Waals surface area contributed by atoms with Gasteiger partial charge in [0.05, 0.1) is 6.61 Å². The van der Waals surface area contributed by atoms with E-state index in [1.54, 1.807) is 14.0 Å². The molecule has 0 aromatic rings.